The molecule has 0 unspecified atom stereocenters. The number of anilines is 1. The highest BCUT2D eigenvalue weighted by atomic mass is 79.9. The summed E-state index contributed by atoms with van der Waals surface area (Å²) in [5.41, 5.74) is 0. The van der Waals surface area contributed by atoms with Gasteiger partial charge >= 0.3 is 0 Å². The van der Waals surface area contributed by atoms with Crippen molar-refractivity contribution in [2.75, 3.05) is 4.72 Å². The molecular weight excluding hydrogens is 354 g/mol. The molecule has 0 aliphatic rings. The maximum atomic E-state index is 12.5. The third kappa shape index (κ3) is 2.88. The van der Waals surface area contributed by atoms with Crippen molar-refractivity contribution in [1.82, 2.24) is 9.97 Å². The first-order chi connectivity index (χ1) is 10.1. The van der Waals surface area contributed by atoms with Crippen LogP contribution in [-0.2, 0) is 10.0 Å². The molecule has 7 heteroatoms. The lowest BCUT2D eigenvalue weighted by atomic mass is 10.2. The van der Waals surface area contributed by atoms with Crippen LogP contribution in [0.1, 0.15) is 0 Å². The first-order valence-electron chi connectivity index (χ1n) is 6.03. The summed E-state index contributed by atoms with van der Waals surface area (Å²) in [5, 5.41) is 1.39. The number of aromatic nitrogens is 2. The smallest absolute Gasteiger partial charge is 0.263 e. The summed E-state index contributed by atoms with van der Waals surface area (Å²) in [4.78, 5) is 8.22. The monoisotopic (exact) mass is 363 g/mol. The minimum atomic E-state index is -3.71. The summed E-state index contributed by atoms with van der Waals surface area (Å²) in [6.45, 7) is 0. The van der Waals surface area contributed by atoms with Gasteiger partial charge in [-0.3, -0.25) is 9.71 Å². The maximum absolute atomic E-state index is 12.5. The summed E-state index contributed by atoms with van der Waals surface area (Å²) in [6, 6.07) is 10.1. The number of benzene rings is 1. The van der Waals surface area contributed by atoms with E-state index in [9.17, 15) is 8.42 Å². The Labute approximate surface area is 130 Å². The maximum Gasteiger partial charge on any atom is 0.263 e. The van der Waals surface area contributed by atoms with Crippen molar-refractivity contribution in [1.29, 1.82) is 0 Å². The molecule has 0 fully saturated rings. The van der Waals surface area contributed by atoms with Gasteiger partial charge in [-0.25, -0.2) is 13.4 Å². The van der Waals surface area contributed by atoms with Gasteiger partial charge in [0.2, 0.25) is 0 Å². The molecule has 0 atom stereocenters. The zero-order valence-electron chi connectivity index (χ0n) is 10.7. The van der Waals surface area contributed by atoms with E-state index in [0.717, 1.165) is 9.86 Å². The van der Waals surface area contributed by atoms with Crippen LogP contribution in [-0.4, -0.2) is 18.4 Å². The van der Waals surface area contributed by atoms with Crippen molar-refractivity contribution in [3.8, 4) is 0 Å². The summed E-state index contributed by atoms with van der Waals surface area (Å²) >= 11 is 3.26. The minimum absolute atomic E-state index is 0.201. The van der Waals surface area contributed by atoms with Gasteiger partial charge in [0, 0.05) is 33.8 Å². The lowest BCUT2D eigenvalue weighted by Crippen LogP contribution is -2.14. The summed E-state index contributed by atoms with van der Waals surface area (Å²) in [6.07, 6.45) is 4.73. The van der Waals surface area contributed by atoms with E-state index >= 15 is 0 Å². The van der Waals surface area contributed by atoms with Gasteiger partial charge < -0.3 is 0 Å². The second kappa shape index (κ2) is 5.42. The molecule has 2 heterocycles. The van der Waals surface area contributed by atoms with E-state index in [1.54, 1.807) is 42.7 Å². The van der Waals surface area contributed by atoms with Gasteiger partial charge in [0.15, 0.2) is 0 Å². The van der Waals surface area contributed by atoms with E-state index in [2.05, 4.69) is 30.6 Å². The summed E-state index contributed by atoms with van der Waals surface area (Å²) in [7, 11) is -3.71. The van der Waals surface area contributed by atoms with Crippen molar-refractivity contribution in [2.45, 2.75) is 4.90 Å². The van der Waals surface area contributed by atoms with Crippen molar-refractivity contribution >= 4 is 42.5 Å². The van der Waals surface area contributed by atoms with Crippen molar-refractivity contribution in [3.05, 3.63) is 59.5 Å². The molecule has 5 nitrogen and oxygen atoms in total. The predicted molar refractivity (Wildman–Crippen MR) is 84.5 cm³/mol. The van der Waals surface area contributed by atoms with Crippen molar-refractivity contribution < 1.29 is 8.42 Å². The Kier molecular flexibility index (Phi) is 3.60. The Morgan fingerprint density at radius 1 is 1.05 bits per heavy atom. The largest absolute Gasteiger partial charge is 0.264 e. The highest BCUT2D eigenvalue weighted by molar-refractivity contribution is 9.10. The summed E-state index contributed by atoms with van der Waals surface area (Å²) in [5.74, 6) is 0.268. The van der Waals surface area contributed by atoms with Crippen LogP contribution in [0.15, 0.2) is 64.4 Å². The number of hydrogen-bond donors (Lipinski definition) is 1. The van der Waals surface area contributed by atoms with E-state index in [-0.39, 0.29) is 10.7 Å². The third-order valence-electron chi connectivity index (χ3n) is 2.90. The lowest BCUT2D eigenvalue weighted by molar-refractivity contribution is 0.602. The SMILES string of the molecule is O=S(=O)(Nc1ccc(Br)cn1)c1cccc2cnccc12. The van der Waals surface area contributed by atoms with Gasteiger partial charge in [-0.2, -0.15) is 0 Å². The zero-order valence-corrected chi connectivity index (χ0v) is 13.1. The van der Waals surface area contributed by atoms with Gasteiger partial charge in [0.05, 0.1) is 4.90 Å². The molecule has 0 saturated carbocycles. The molecule has 3 aromatic rings. The van der Waals surface area contributed by atoms with Crippen LogP contribution >= 0.6 is 15.9 Å². The van der Waals surface area contributed by atoms with Crippen LogP contribution in [0.2, 0.25) is 0 Å². The number of halogens is 1. The lowest BCUT2D eigenvalue weighted by Gasteiger charge is -2.09. The second-order valence-electron chi connectivity index (χ2n) is 4.32. The molecule has 2 aromatic heterocycles. The Bertz CT molecular complexity index is 890. The molecule has 106 valence electrons. The molecule has 0 saturated heterocycles. The quantitative estimate of drug-likeness (QED) is 0.775. The molecule has 21 heavy (non-hydrogen) atoms. The Morgan fingerprint density at radius 3 is 2.67 bits per heavy atom. The van der Waals surface area contributed by atoms with Crippen molar-refractivity contribution in [3.63, 3.8) is 0 Å². The highest BCUT2D eigenvalue weighted by Gasteiger charge is 2.17. The standard InChI is InChI=1S/C14H10BrN3O2S/c15-11-4-5-14(17-9-11)18-21(19,20)13-3-1-2-10-8-16-7-6-12(10)13/h1-9H,(H,17,18). The normalized spacial score (nSPS) is 11.5. The first kappa shape index (κ1) is 14.0. The van der Waals surface area contributed by atoms with Crippen LogP contribution in [0.4, 0.5) is 5.82 Å². The van der Waals surface area contributed by atoms with Crippen LogP contribution in [0.5, 0.6) is 0 Å². The number of rotatable bonds is 3. The van der Waals surface area contributed by atoms with Crippen LogP contribution < -0.4 is 4.72 Å². The number of nitrogens with one attached hydrogen (secondary N) is 1. The number of nitrogens with zero attached hydrogens (tertiary/aromatic N) is 2. The molecule has 0 aliphatic carbocycles. The Balaban J connectivity index is 2.06. The fourth-order valence-corrected chi connectivity index (χ4v) is 3.43. The summed E-state index contributed by atoms with van der Waals surface area (Å²) < 4.78 is 28.3. The van der Waals surface area contributed by atoms with Crippen LogP contribution in [0.3, 0.4) is 0 Å². The highest BCUT2D eigenvalue weighted by Crippen LogP contribution is 2.24. The van der Waals surface area contributed by atoms with Gasteiger partial charge in [-0.05, 0) is 40.2 Å². The number of hydrogen-bond acceptors (Lipinski definition) is 4. The Morgan fingerprint density at radius 2 is 1.90 bits per heavy atom. The second-order valence-corrected chi connectivity index (χ2v) is 6.89. The van der Waals surface area contributed by atoms with Gasteiger partial charge in [-0.15, -0.1) is 0 Å². The Hall–Kier alpha value is -1.99. The van der Waals surface area contributed by atoms with Gasteiger partial charge in [0.25, 0.3) is 10.0 Å². The van der Waals surface area contributed by atoms with E-state index in [1.807, 2.05) is 6.07 Å². The van der Waals surface area contributed by atoms with E-state index in [1.165, 1.54) is 6.20 Å². The molecule has 0 radical (unpaired) electrons. The number of sulfonamides is 1. The predicted octanol–water partition coefficient (Wildman–Crippen LogP) is 3.19. The number of pyridine rings is 2. The third-order valence-corrected chi connectivity index (χ3v) is 4.78. The van der Waals surface area contributed by atoms with Crippen LogP contribution in [0.25, 0.3) is 10.8 Å². The number of fused-ring (bicyclic) bond motifs is 1. The van der Waals surface area contributed by atoms with Gasteiger partial charge in [0.1, 0.15) is 5.82 Å². The average molecular weight is 364 g/mol. The molecule has 1 N–H and O–H groups in total. The molecule has 0 bridgehead atoms. The van der Waals surface area contributed by atoms with Crippen LogP contribution in [0, 0.1) is 0 Å². The van der Waals surface area contributed by atoms with E-state index in [4.69, 9.17) is 0 Å². The topological polar surface area (TPSA) is 72.0 Å². The molecule has 0 amide bonds. The fraction of sp³-hybridized carbons (Fsp3) is 0. The first-order valence-corrected chi connectivity index (χ1v) is 8.31. The molecule has 0 spiro atoms. The van der Waals surface area contributed by atoms with E-state index < -0.39 is 10.0 Å². The van der Waals surface area contributed by atoms with E-state index in [0.29, 0.717) is 5.39 Å². The van der Waals surface area contributed by atoms with Gasteiger partial charge in [-0.1, -0.05) is 12.1 Å². The molecule has 0 aliphatic heterocycles. The molecule has 3 rings (SSSR count). The minimum Gasteiger partial charge on any atom is -0.264 e. The zero-order chi connectivity index (χ0) is 14.9. The molecule has 1 aromatic carbocycles. The average Bonchev–Trinajstić information content (AvgIpc) is 2.49. The molecular formula is C14H10BrN3O2S. The van der Waals surface area contributed by atoms with Crippen molar-refractivity contribution in [2.24, 2.45) is 0 Å². The fourth-order valence-electron chi connectivity index (χ4n) is 1.96.